The van der Waals surface area contributed by atoms with E-state index >= 15 is 0 Å². The molecule has 1 amide bonds. The van der Waals surface area contributed by atoms with Gasteiger partial charge in [-0.15, -0.1) is 0 Å². The van der Waals surface area contributed by atoms with Gasteiger partial charge in [-0.25, -0.2) is 0 Å². The Balaban J connectivity index is 1.95. The van der Waals surface area contributed by atoms with E-state index in [1.807, 2.05) is 47.4 Å². The highest BCUT2D eigenvalue weighted by Gasteiger charge is 2.31. The number of carbonyl (C=O) groups is 1. The summed E-state index contributed by atoms with van der Waals surface area (Å²) < 4.78 is 0.916. The quantitative estimate of drug-likeness (QED) is 0.925. The van der Waals surface area contributed by atoms with Gasteiger partial charge in [0.1, 0.15) is 0 Å². The normalized spacial score (nSPS) is 16.9. The van der Waals surface area contributed by atoms with Crippen LogP contribution in [-0.4, -0.2) is 19.0 Å². The summed E-state index contributed by atoms with van der Waals surface area (Å²) in [4.78, 5) is 14.7. The van der Waals surface area contributed by atoms with E-state index in [0.29, 0.717) is 24.6 Å². The van der Waals surface area contributed by atoms with Crippen LogP contribution in [0.5, 0.6) is 0 Å². The number of hydrogen-bond acceptors (Lipinski definition) is 2. The fourth-order valence-corrected chi connectivity index (χ4v) is 3.31. The van der Waals surface area contributed by atoms with E-state index in [9.17, 15) is 4.79 Å². The van der Waals surface area contributed by atoms with E-state index in [2.05, 4.69) is 22.0 Å². The van der Waals surface area contributed by atoms with Crippen molar-refractivity contribution in [1.29, 1.82) is 0 Å². The number of rotatable bonds is 3. The molecule has 0 saturated carbocycles. The van der Waals surface area contributed by atoms with Crippen LogP contribution in [0.3, 0.4) is 0 Å². The number of nitrogens with two attached hydrogens (primary N) is 1. The van der Waals surface area contributed by atoms with Crippen LogP contribution in [0.25, 0.3) is 0 Å². The molecule has 4 heteroatoms. The van der Waals surface area contributed by atoms with Crippen molar-refractivity contribution < 1.29 is 4.79 Å². The lowest BCUT2D eigenvalue weighted by Crippen LogP contribution is -2.30. The van der Waals surface area contributed by atoms with Gasteiger partial charge in [0, 0.05) is 28.2 Å². The van der Waals surface area contributed by atoms with Gasteiger partial charge in [-0.2, -0.15) is 0 Å². The Bertz CT molecular complexity index is 671. The van der Waals surface area contributed by atoms with Crippen molar-refractivity contribution in [2.75, 3.05) is 18.0 Å². The summed E-state index contributed by atoms with van der Waals surface area (Å²) in [5.74, 6) is 0.380. The number of para-hydroxylation sites is 1. The Kier molecular flexibility index (Phi) is 4.08. The number of amides is 1. The highest BCUT2D eigenvalue weighted by Crippen LogP contribution is 2.38. The van der Waals surface area contributed by atoms with Gasteiger partial charge in [0.15, 0.2) is 0 Å². The van der Waals surface area contributed by atoms with Crippen molar-refractivity contribution in [2.24, 2.45) is 5.73 Å². The van der Waals surface area contributed by atoms with E-state index < -0.39 is 0 Å². The fraction of sp³-hybridized carbons (Fsp3) is 0.235. The Morgan fingerprint density at radius 2 is 2.05 bits per heavy atom. The minimum Gasteiger partial charge on any atom is -0.330 e. The largest absolute Gasteiger partial charge is 0.330 e. The summed E-state index contributed by atoms with van der Waals surface area (Å²) in [6.45, 7) is 1.35. The van der Waals surface area contributed by atoms with E-state index in [1.165, 1.54) is 5.56 Å². The van der Waals surface area contributed by atoms with Crippen LogP contribution in [0, 0.1) is 0 Å². The summed E-state index contributed by atoms with van der Waals surface area (Å²) >= 11 is 3.42. The number of halogens is 1. The van der Waals surface area contributed by atoms with Gasteiger partial charge >= 0.3 is 0 Å². The van der Waals surface area contributed by atoms with E-state index in [1.54, 1.807) is 0 Å². The third kappa shape index (κ3) is 2.74. The minimum atomic E-state index is 0.0447. The van der Waals surface area contributed by atoms with Crippen LogP contribution in [0.1, 0.15) is 28.3 Å². The zero-order valence-corrected chi connectivity index (χ0v) is 13.2. The average molecular weight is 345 g/mol. The van der Waals surface area contributed by atoms with E-state index in [-0.39, 0.29) is 5.91 Å². The molecule has 3 rings (SSSR count). The second-order valence-electron chi connectivity index (χ2n) is 5.26. The summed E-state index contributed by atoms with van der Waals surface area (Å²) in [5, 5.41) is 0. The molecule has 2 N–H and O–H groups in total. The Morgan fingerprint density at radius 1 is 1.24 bits per heavy atom. The fourth-order valence-electron chi connectivity index (χ4n) is 2.91. The van der Waals surface area contributed by atoms with Gasteiger partial charge < -0.3 is 10.6 Å². The molecular weight excluding hydrogens is 328 g/mol. The van der Waals surface area contributed by atoms with Gasteiger partial charge in [0.2, 0.25) is 0 Å². The summed E-state index contributed by atoms with van der Waals surface area (Å²) in [7, 11) is 0. The van der Waals surface area contributed by atoms with Crippen LogP contribution < -0.4 is 10.6 Å². The molecule has 0 fully saturated rings. The van der Waals surface area contributed by atoms with Crippen LogP contribution in [-0.2, 0) is 0 Å². The topological polar surface area (TPSA) is 46.3 Å². The highest BCUT2D eigenvalue weighted by atomic mass is 79.9. The first-order valence-electron chi connectivity index (χ1n) is 7.07. The van der Waals surface area contributed by atoms with Gasteiger partial charge in [-0.1, -0.05) is 40.2 Å². The lowest BCUT2D eigenvalue weighted by Gasteiger charge is -2.18. The van der Waals surface area contributed by atoms with Gasteiger partial charge in [0.05, 0.1) is 0 Å². The SMILES string of the molecule is NCCC1CN(C(=O)c2cccc(Br)c2)c2ccccc21. The molecule has 1 aliphatic rings. The van der Waals surface area contributed by atoms with Crippen molar-refractivity contribution in [3.8, 4) is 0 Å². The van der Waals surface area contributed by atoms with Crippen molar-refractivity contribution in [2.45, 2.75) is 12.3 Å². The Labute approximate surface area is 132 Å². The van der Waals surface area contributed by atoms with E-state index in [0.717, 1.165) is 16.6 Å². The van der Waals surface area contributed by atoms with Crippen molar-refractivity contribution in [3.63, 3.8) is 0 Å². The molecular formula is C17H17BrN2O. The molecule has 0 bridgehead atoms. The zero-order valence-electron chi connectivity index (χ0n) is 11.6. The second kappa shape index (κ2) is 6.00. The molecule has 0 aliphatic carbocycles. The molecule has 21 heavy (non-hydrogen) atoms. The van der Waals surface area contributed by atoms with Gasteiger partial charge in [0.25, 0.3) is 5.91 Å². The summed E-state index contributed by atoms with van der Waals surface area (Å²) in [5.41, 5.74) is 8.65. The maximum absolute atomic E-state index is 12.8. The molecule has 0 radical (unpaired) electrons. The molecule has 0 aromatic heterocycles. The average Bonchev–Trinajstić information content (AvgIpc) is 2.86. The number of carbonyl (C=O) groups excluding carboxylic acids is 1. The Morgan fingerprint density at radius 3 is 2.81 bits per heavy atom. The third-order valence-corrected chi connectivity index (χ3v) is 4.40. The molecule has 1 heterocycles. The van der Waals surface area contributed by atoms with Crippen molar-refractivity contribution in [3.05, 3.63) is 64.1 Å². The van der Waals surface area contributed by atoms with Crippen molar-refractivity contribution in [1.82, 2.24) is 0 Å². The molecule has 3 nitrogen and oxygen atoms in total. The molecule has 1 unspecified atom stereocenters. The van der Waals surface area contributed by atoms with Crippen LogP contribution in [0.2, 0.25) is 0 Å². The lowest BCUT2D eigenvalue weighted by atomic mass is 9.98. The first kappa shape index (κ1) is 14.3. The van der Waals surface area contributed by atoms with Crippen molar-refractivity contribution >= 4 is 27.5 Å². The predicted octanol–water partition coefficient (Wildman–Crippen LogP) is 3.54. The minimum absolute atomic E-state index is 0.0447. The number of fused-ring (bicyclic) bond motifs is 1. The van der Waals surface area contributed by atoms with Gasteiger partial charge in [-0.3, -0.25) is 4.79 Å². The summed E-state index contributed by atoms with van der Waals surface area (Å²) in [6, 6.07) is 15.6. The highest BCUT2D eigenvalue weighted by molar-refractivity contribution is 9.10. The van der Waals surface area contributed by atoms with E-state index in [4.69, 9.17) is 5.73 Å². The predicted molar refractivity (Wildman–Crippen MR) is 88.7 cm³/mol. The monoisotopic (exact) mass is 344 g/mol. The lowest BCUT2D eigenvalue weighted by molar-refractivity contribution is 0.0988. The zero-order chi connectivity index (χ0) is 14.8. The molecule has 108 valence electrons. The standard InChI is InChI=1S/C17H17BrN2O/c18-14-5-3-4-12(10-14)17(21)20-11-13(8-9-19)15-6-1-2-7-16(15)20/h1-7,10,13H,8-9,11,19H2. The first-order chi connectivity index (χ1) is 10.2. The maximum atomic E-state index is 12.8. The third-order valence-electron chi connectivity index (χ3n) is 3.90. The smallest absolute Gasteiger partial charge is 0.258 e. The molecule has 2 aromatic carbocycles. The first-order valence-corrected chi connectivity index (χ1v) is 7.86. The molecule has 1 aliphatic heterocycles. The molecule has 0 saturated heterocycles. The van der Waals surface area contributed by atoms with Crippen LogP contribution in [0.15, 0.2) is 53.0 Å². The second-order valence-corrected chi connectivity index (χ2v) is 6.17. The molecule has 0 spiro atoms. The maximum Gasteiger partial charge on any atom is 0.258 e. The number of nitrogens with zero attached hydrogens (tertiary/aromatic N) is 1. The number of benzene rings is 2. The Hall–Kier alpha value is -1.65. The molecule has 1 atom stereocenters. The van der Waals surface area contributed by atoms with Crippen LogP contribution in [0.4, 0.5) is 5.69 Å². The molecule has 2 aromatic rings. The number of anilines is 1. The summed E-state index contributed by atoms with van der Waals surface area (Å²) in [6.07, 6.45) is 0.902. The van der Waals surface area contributed by atoms with Crippen LogP contribution >= 0.6 is 15.9 Å². The van der Waals surface area contributed by atoms with Gasteiger partial charge in [-0.05, 0) is 42.8 Å². The number of hydrogen-bond donors (Lipinski definition) is 1.